The molecule has 2 rings (SSSR count). The van der Waals surface area contributed by atoms with Crippen LogP contribution < -0.4 is 0 Å². The van der Waals surface area contributed by atoms with Gasteiger partial charge < -0.3 is 0 Å². The highest BCUT2D eigenvalue weighted by Crippen LogP contribution is 2.14. The van der Waals surface area contributed by atoms with Gasteiger partial charge in [-0.15, -0.1) is 10.2 Å². The first-order chi connectivity index (χ1) is 7.16. The van der Waals surface area contributed by atoms with Gasteiger partial charge in [-0.05, 0) is 26.0 Å². The van der Waals surface area contributed by atoms with Gasteiger partial charge in [0.05, 0.1) is 6.04 Å². The Morgan fingerprint density at radius 2 is 1.80 bits per heavy atom. The van der Waals surface area contributed by atoms with E-state index in [4.69, 9.17) is 0 Å². The molecule has 4 nitrogen and oxygen atoms in total. The summed E-state index contributed by atoms with van der Waals surface area (Å²) in [7, 11) is 0. The summed E-state index contributed by atoms with van der Waals surface area (Å²) >= 11 is 0. The molecule has 78 valence electrons. The van der Waals surface area contributed by atoms with Crippen LogP contribution in [0.3, 0.4) is 0 Å². The van der Waals surface area contributed by atoms with Gasteiger partial charge in [0.25, 0.3) is 0 Å². The first-order valence-corrected chi connectivity index (χ1v) is 5.03. The average Bonchev–Trinajstić information content (AvgIpc) is 2.68. The van der Waals surface area contributed by atoms with E-state index in [1.807, 2.05) is 38.1 Å². The zero-order valence-corrected chi connectivity index (χ0v) is 9.18. The normalized spacial score (nSPS) is 10.9. The van der Waals surface area contributed by atoms with Crippen molar-refractivity contribution >= 4 is 0 Å². The number of aryl methyl sites for hydroxylation is 1. The van der Waals surface area contributed by atoms with E-state index in [-0.39, 0.29) is 6.04 Å². The third kappa shape index (κ3) is 2.03. The zero-order valence-electron chi connectivity index (χ0n) is 9.18. The Bertz CT molecular complexity index is 442. The van der Waals surface area contributed by atoms with Gasteiger partial charge in [-0.2, -0.15) is 4.80 Å². The summed E-state index contributed by atoms with van der Waals surface area (Å²) in [5, 5.41) is 12.3. The summed E-state index contributed by atoms with van der Waals surface area (Å²) < 4.78 is 0. The molecular formula is C11H14N4. The van der Waals surface area contributed by atoms with Crippen LogP contribution in [-0.4, -0.2) is 20.2 Å². The predicted molar refractivity (Wildman–Crippen MR) is 58.4 cm³/mol. The fourth-order valence-corrected chi connectivity index (χ4v) is 1.26. The molecule has 0 N–H and O–H groups in total. The molecule has 1 aromatic heterocycles. The molecule has 1 heterocycles. The predicted octanol–water partition coefficient (Wildman–Crippen LogP) is 2.23. The van der Waals surface area contributed by atoms with Gasteiger partial charge in [0.15, 0.2) is 0 Å². The summed E-state index contributed by atoms with van der Waals surface area (Å²) in [5.74, 6) is 0.684. The van der Waals surface area contributed by atoms with E-state index < -0.39 is 0 Å². The lowest BCUT2D eigenvalue weighted by Gasteiger charge is -1.99. The van der Waals surface area contributed by atoms with Crippen molar-refractivity contribution in [3.05, 3.63) is 29.8 Å². The summed E-state index contributed by atoms with van der Waals surface area (Å²) in [6, 6.07) is 8.36. The fraction of sp³-hybridized carbons (Fsp3) is 0.364. The molecule has 0 spiro atoms. The molecule has 15 heavy (non-hydrogen) atoms. The Morgan fingerprint density at radius 1 is 1.13 bits per heavy atom. The molecule has 0 aliphatic rings. The molecule has 4 heteroatoms. The second kappa shape index (κ2) is 3.81. The van der Waals surface area contributed by atoms with Crippen molar-refractivity contribution in [1.82, 2.24) is 20.2 Å². The van der Waals surface area contributed by atoms with E-state index in [1.165, 1.54) is 5.56 Å². The maximum absolute atomic E-state index is 4.30. The molecule has 0 radical (unpaired) electrons. The van der Waals surface area contributed by atoms with Crippen molar-refractivity contribution in [3.63, 3.8) is 0 Å². The van der Waals surface area contributed by atoms with Crippen LogP contribution in [0.1, 0.15) is 25.5 Å². The molecule has 2 aromatic rings. The van der Waals surface area contributed by atoms with E-state index in [2.05, 4.69) is 22.3 Å². The van der Waals surface area contributed by atoms with E-state index in [0.29, 0.717) is 5.82 Å². The number of aromatic nitrogens is 4. The Balaban J connectivity index is 2.33. The van der Waals surface area contributed by atoms with Crippen molar-refractivity contribution in [2.75, 3.05) is 0 Å². The van der Waals surface area contributed by atoms with Crippen LogP contribution in [0.25, 0.3) is 11.4 Å². The second-order valence-electron chi connectivity index (χ2n) is 3.89. The number of hydrogen-bond donors (Lipinski definition) is 0. The van der Waals surface area contributed by atoms with Gasteiger partial charge in [0.2, 0.25) is 5.82 Å². The summed E-state index contributed by atoms with van der Waals surface area (Å²) in [6.07, 6.45) is 0. The Morgan fingerprint density at radius 3 is 2.33 bits per heavy atom. The molecule has 0 amide bonds. The Hall–Kier alpha value is -1.71. The highest BCUT2D eigenvalue weighted by atomic mass is 15.6. The SMILES string of the molecule is Cc1ccc(-c2nnn(C(C)C)n2)cc1. The lowest BCUT2D eigenvalue weighted by Crippen LogP contribution is -2.04. The third-order valence-corrected chi connectivity index (χ3v) is 2.20. The van der Waals surface area contributed by atoms with Gasteiger partial charge in [-0.25, -0.2) is 0 Å². The maximum atomic E-state index is 4.30. The van der Waals surface area contributed by atoms with Crippen molar-refractivity contribution < 1.29 is 0 Å². The zero-order chi connectivity index (χ0) is 10.8. The molecule has 0 fully saturated rings. The lowest BCUT2D eigenvalue weighted by atomic mass is 10.1. The molecule has 0 saturated heterocycles. The summed E-state index contributed by atoms with van der Waals surface area (Å²) in [6.45, 7) is 6.11. The van der Waals surface area contributed by atoms with Crippen LogP contribution in [0.5, 0.6) is 0 Å². The lowest BCUT2D eigenvalue weighted by molar-refractivity contribution is 0.455. The molecule has 0 unspecified atom stereocenters. The number of hydrogen-bond acceptors (Lipinski definition) is 3. The topological polar surface area (TPSA) is 43.6 Å². The first-order valence-electron chi connectivity index (χ1n) is 5.03. The van der Waals surface area contributed by atoms with E-state index in [9.17, 15) is 0 Å². The molecule has 0 saturated carbocycles. The minimum absolute atomic E-state index is 0.247. The van der Waals surface area contributed by atoms with Crippen molar-refractivity contribution in [2.45, 2.75) is 26.8 Å². The highest BCUT2D eigenvalue weighted by molar-refractivity contribution is 5.53. The minimum atomic E-state index is 0.247. The number of nitrogens with zero attached hydrogens (tertiary/aromatic N) is 4. The van der Waals surface area contributed by atoms with Gasteiger partial charge in [-0.3, -0.25) is 0 Å². The largest absolute Gasteiger partial charge is 0.204 e. The van der Waals surface area contributed by atoms with Crippen LogP contribution in [-0.2, 0) is 0 Å². The summed E-state index contributed by atoms with van der Waals surface area (Å²) in [5.41, 5.74) is 2.24. The van der Waals surface area contributed by atoms with Gasteiger partial charge >= 0.3 is 0 Å². The minimum Gasteiger partial charge on any atom is -0.161 e. The Labute approximate surface area is 88.9 Å². The summed E-state index contributed by atoms with van der Waals surface area (Å²) in [4.78, 5) is 1.62. The van der Waals surface area contributed by atoms with Crippen molar-refractivity contribution in [2.24, 2.45) is 0 Å². The standard InChI is InChI=1S/C11H14N4/c1-8(2)15-13-11(12-14-15)10-6-4-9(3)5-7-10/h4-8H,1-3H3. The molecule has 0 aliphatic heterocycles. The quantitative estimate of drug-likeness (QED) is 0.750. The van der Waals surface area contributed by atoms with E-state index >= 15 is 0 Å². The van der Waals surface area contributed by atoms with Crippen LogP contribution >= 0.6 is 0 Å². The maximum Gasteiger partial charge on any atom is 0.204 e. The second-order valence-corrected chi connectivity index (χ2v) is 3.89. The van der Waals surface area contributed by atoms with Crippen LogP contribution in [0, 0.1) is 6.92 Å². The molecular weight excluding hydrogens is 188 g/mol. The fourth-order valence-electron chi connectivity index (χ4n) is 1.26. The van der Waals surface area contributed by atoms with Crippen LogP contribution in [0.2, 0.25) is 0 Å². The van der Waals surface area contributed by atoms with Crippen molar-refractivity contribution in [1.29, 1.82) is 0 Å². The number of rotatable bonds is 2. The third-order valence-electron chi connectivity index (χ3n) is 2.20. The number of benzene rings is 1. The van der Waals surface area contributed by atoms with Crippen LogP contribution in [0.4, 0.5) is 0 Å². The first kappa shape index (κ1) is 9.83. The van der Waals surface area contributed by atoms with Gasteiger partial charge in [0.1, 0.15) is 0 Å². The molecule has 0 aliphatic carbocycles. The smallest absolute Gasteiger partial charge is 0.161 e. The highest BCUT2D eigenvalue weighted by Gasteiger charge is 2.06. The van der Waals surface area contributed by atoms with Gasteiger partial charge in [0, 0.05) is 5.56 Å². The monoisotopic (exact) mass is 202 g/mol. The molecule has 0 atom stereocenters. The Kier molecular flexibility index (Phi) is 2.49. The molecule has 1 aromatic carbocycles. The van der Waals surface area contributed by atoms with Crippen LogP contribution in [0.15, 0.2) is 24.3 Å². The van der Waals surface area contributed by atoms with E-state index in [1.54, 1.807) is 4.80 Å². The van der Waals surface area contributed by atoms with E-state index in [0.717, 1.165) is 5.56 Å². The molecule has 0 bridgehead atoms. The van der Waals surface area contributed by atoms with Crippen molar-refractivity contribution in [3.8, 4) is 11.4 Å². The average molecular weight is 202 g/mol. The van der Waals surface area contributed by atoms with Gasteiger partial charge in [-0.1, -0.05) is 29.8 Å². The number of tetrazole rings is 1.